The van der Waals surface area contributed by atoms with E-state index in [0.717, 1.165) is 11.3 Å². The van der Waals surface area contributed by atoms with Gasteiger partial charge in [-0.05, 0) is 17.7 Å². The second-order valence-electron chi connectivity index (χ2n) is 3.95. The summed E-state index contributed by atoms with van der Waals surface area (Å²) in [5.41, 5.74) is 1.40. The fourth-order valence-electron chi connectivity index (χ4n) is 1.95. The summed E-state index contributed by atoms with van der Waals surface area (Å²) in [6.45, 7) is 0. The smallest absolute Gasteiger partial charge is 0.225 e. The lowest BCUT2D eigenvalue weighted by Crippen LogP contribution is -2.29. The first kappa shape index (κ1) is 12.5. The summed E-state index contributed by atoms with van der Waals surface area (Å²) in [6, 6.07) is 9.46. The molecule has 0 aromatic heterocycles. The van der Waals surface area contributed by atoms with Crippen LogP contribution in [0.3, 0.4) is 0 Å². The van der Waals surface area contributed by atoms with Gasteiger partial charge in [0.15, 0.2) is 0 Å². The van der Waals surface area contributed by atoms with Crippen LogP contribution in [0, 0.1) is 11.3 Å². The molecule has 1 amide bonds. The van der Waals surface area contributed by atoms with Gasteiger partial charge in [0.25, 0.3) is 0 Å². The van der Waals surface area contributed by atoms with Crippen molar-refractivity contribution in [1.82, 2.24) is 5.32 Å². The lowest BCUT2D eigenvalue weighted by atomic mass is 9.87. The minimum absolute atomic E-state index is 0.125. The fourth-order valence-corrected chi connectivity index (χ4v) is 2.29. The number of hydrogen-bond acceptors (Lipinski definition) is 4. The number of nitrogens with one attached hydrogen (secondary N) is 1. The SMILES string of the molecule is COc1ccc([C@@H]2CC(=O)NC(S)=C2C#N)cc1. The predicted octanol–water partition coefficient (Wildman–Crippen LogP) is 1.96. The zero-order valence-electron chi connectivity index (χ0n) is 9.80. The first-order valence-corrected chi connectivity index (χ1v) is 5.87. The Bertz CT molecular complexity index is 543. The molecule has 5 heteroatoms. The van der Waals surface area contributed by atoms with Crippen molar-refractivity contribution in [3.8, 4) is 11.8 Å². The number of benzene rings is 1. The highest BCUT2D eigenvalue weighted by atomic mass is 32.1. The van der Waals surface area contributed by atoms with E-state index in [0.29, 0.717) is 10.6 Å². The zero-order chi connectivity index (χ0) is 13.1. The molecule has 0 fully saturated rings. The Labute approximate surface area is 111 Å². The number of thiol groups is 1. The minimum Gasteiger partial charge on any atom is -0.497 e. The molecule has 1 aromatic rings. The summed E-state index contributed by atoms with van der Waals surface area (Å²) < 4.78 is 5.08. The molecular weight excluding hydrogens is 248 g/mol. The van der Waals surface area contributed by atoms with Crippen LogP contribution in [0.15, 0.2) is 34.9 Å². The standard InChI is InChI=1S/C13H12N2O2S/c1-17-9-4-2-8(3-5-9)10-6-12(16)15-13(18)11(10)7-14/h2-5,10,18H,6H2,1H3,(H,15,16)/t10-/m0/s1. The number of amides is 1. The van der Waals surface area contributed by atoms with E-state index in [1.54, 1.807) is 7.11 Å². The molecule has 92 valence electrons. The van der Waals surface area contributed by atoms with Crippen LogP contribution in [-0.4, -0.2) is 13.0 Å². The number of allylic oxidation sites excluding steroid dienone is 1. The van der Waals surface area contributed by atoms with Crippen molar-refractivity contribution >= 4 is 18.5 Å². The van der Waals surface area contributed by atoms with Gasteiger partial charge in [0.2, 0.25) is 5.91 Å². The van der Waals surface area contributed by atoms with E-state index in [1.807, 2.05) is 24.3 Å². The molecule has 1 N–H and O–H groups in total. The molecule has 4 nitrogen and oxygen atoms in total. The number of ether oxygens (including phenoxy) is 1. The largest absolute Gasteiger partial charge is 0.497 e. The average molecular weight is 260 g/mol. The number of methoxy groups -OCH3 is 1. The molecule has 1 heterocycles. The molecule has 0 bridgehead atoms. The molecule has 2 rings (SSSR count). The topological polar surface area (TPSA) is 62.1 Å². The Balaban J connectivity index is 2.38. The van der Waals surface area contributed by atoms with Crippen molar-refractivity contribution in [1.29, 1.82) is 5.26 Å². The summed E-state index contributed by atoms with van der Waals surface area (Å²) in [6.07, 6.45) is 0.263. The van der Waals surface area contributed by atoms with E-state index < -0.39 is 0 Å². The van der Waals surface area contributed by atoms with Gasteiger partial charge in [-0.15, -0.1) is 12.6 Å². The molecule has 18 heavy (non-hydrogen) atoms. The molecule has 0 spiro atoms. The van der Waals surface area contributed by atoms with Gasteiger partial charge >= 0.3 is 0 Å². The van der Waals surface area contributed by atoms with E-state index in [1.165, 1.54) is 0 Å². The monoisotopic (exact) mass is 260 g/mol. The average Bonchev–Trinajstić information content (AvgIpc) is 2.38. The second-order valence-corrected chi connectivity index (χ2v) is 4.40. The number of rotatable bonds is 2. The van der Waals surface area contributed by atoms with E-state index in [4.69, 9.17) is 10.00 Å². The van der Waals surface area contributed by atoms with E-state index in [9.17, 15) is 4.79 Å². The maximum atomic E-state index is 11.5. The first-order valence-electron chi connectivity index (χ1n) is 5.42. The molecule has 0 unspecified atom stereocenters. The highest BCUT2D eigenvalue weighted by Gasteiger charge is 2.27. The van der Waals surface area contributed by atoms with E-state index >= 15 is 0 Å². The molecule has 1 aliphatic rings. The van der Waals surface area contributed by atoms with Crippen molar-refractivity contribution in [3.63, 3.8) is 0 Å². The van der Waals surface area contributed by atoms with Gasteiger partial charge in [0.05, 0.1) is 23.8 Å². The lowest BCUT2D eigenvalue weighted by molar-refractivity contribution is -0.120. The van der Waals surface area contributed by atoms with E-state index in [2.05, 4.69) is 24.0 Å². The predicted molar refractivity (Wildman–Crippen MR) is 70.1 cm³/mol. The Morgan fingerprint density at radius 3 is 2.67 bits per heavy atom. The van der Waals surface area contributed by atoms with Crippen molar-refractivity contribution in [3.05, 3.63) is 40.4 Å². The van der Waals surface area contributed by atoms with Crippen LogP contribution >= 0.6 is 12.6 Å². The zero-order valence-corrected chi connectivity index (χ0v) is 10.7. The molecule has 0 saturated heterocycles. The number of carbonyl (C=O) groups excluding carboxylic acids is 1. The number of carbonyl (C=O) groups is 1. The molecule has 0 radical (unpaired) electrons. The van der Waals surface area contributed by atoms with Crippen LogP contribution in [-0.2, 0) is 4.79 Å². The first-order chi connectivity index (χ1) is 8.65. The van der Waals surface area contributed by atoms with Crippen molar-refractivity contribution < 1.29 is 9.53 Å². The molecule has 1 aliphatic heterocycles. The van der Waals surface area contributed by atoms with Gasteiger partial charge in [0.1, 0.15) is 5.75 Å². The van der Waals surface area contributed by atoms with Gasteiger partial charge < -0.3 is 10.1 Å². The van der Waals surface area contributed by atoms with Crippen LogP contribution in [0.2, 0.25) is 0 Å². The van der Waals surface area contributed by atoms with Crippen molar-refractivity contribution in [2.75, 3.05) is 7.11 Å². The highest BCUT2D eigenvalue weighted by Crippen LogP contribution is 2.33. The summed E-state index contributed by atoms with van der Waals surface area (Å²) in [4.78, 5) is 11.5. The second kappa shape index (κ2) is 5.15. The van der Waals surface area contributed by atoms with Crippen LogP contribution in [0.4, 0.5) is 0 Å². The van der Waals surface area contributed by atoms with Gasteiger partial charge in [-0.3, -0.25) is 4.79 Å². The van der Waals surface area contributed by atoms with Gasteiger partial charge in [-0.2, -0.15) is 5.26 Å². The third-order valence-corrected chi connectivity index (χ3v) is 3.24. The van der Waals surface area contributed by atoms with E-state index in [-0.39, 0.29) is 18.2 Å². The summed E-state index contributed by atoms with van der Waals surface area (Å²) >= 11 is 4.14. The normalized spacial score (nSPS) is 19.2. The summed E-state index contributed by atoms with van der Waals surface area (Å²) in [7, 11) is 1.59. The quantitative estimate of drug-likeness (QED) is 0.799. The third kappa shape index (κ3) is 2.34. The molecular formula is C13H12N2O2S. The summed E-state index contributed by atoms with van der Waals surface area (Å²) in [5, 5.41) is 12.0. The van der Waals surface area contributed by atoms with Gasteiger partial charge in [0, 0.05) is 12.3 Å². The maximum Gasteiger partial charge on any atom is 0.225 e. The van der Waals surface area contributed by atoms with Crippen LogP contribution in [0.5, 0.6) is 5.75 Å². The van der Waals surface area contributed by atoms with Crippen molar-refractivity contribution in [2.24, 2.45) is 0 Å². The number of hydrogen-bond donors (Lipinski definition) is 2. The summed E-state index contributed by atoms with van der Waals surface area (Å²) in [5.74, 6) is 0.384. The third-order valence-electron chi connectivity index (χ3n) is 2.89. The van der Waals surface area contributed by atoms with Crippen LogP contribution < -0.4 is 10.1 Å². The number of nitriles is 1. The van der Waals surface area contributed by atoms with Crippen LogP contribution in [0.1, 0.15) is 17.9 Å². The van der Waals surface area contributed by atoms with Crippen LogP contribution in [0.25, 0.3) is 0 Å². The van der Waals surface area contributed by atoms with Crippen molar-refractivity contribution in [2.45, 2.75) is 12.3 Å². The Morgan fingerprint density at radius 2 is 2.11 bits per heavy atom. The fraction of sp³-hybridized carbons (Fsp3) is 0.231. The molecule has 1 aromatic carbocycles. The Kier molecular flexibility index (Phi) is 3.58. The molecule has 1 atom stereocenters. The highest BCUT2D eigenvalue weighted by molar-refractivity contribution is 7.84. The lowest BCUT2D eigenvalue weighted by Gasteiger charge is -2.23. The number of nitrogens with zero attached hydrogens (tertiary/aromatic N) is 1. The van der Waals surface area contributed by atoms with Gasteiger partial charge in [-0.25, -0.2) is 0 Å². The maximum absolute atomic E-state index is 11.5. The Hall–Kier alpha value is -1.93. The Morgan fingerprint density at radius 1 is 1.44 bits per heavy atom. The molecule has 0 saturated carbocycles. The van der Waals surface area contributed by atoms with Gasteiger partial charge in [-0.1, -0.05) is 12.1 Å². The molecule has 0 aliphatic carbocycles. The minimum atomic E-state index is -0.234.